The molecule has 0 saturated heterocycles. The minimum absolute atomic E-state index is 0.413. The van der Waals surface area contributed by atoms with Crippen LogP contribution in [0, 0.1) is 11.8 Å². The zero-order chi connectivity index (χ0) is 14.6. The summed E-state index contributed by atoms with van der Waals surface area (Å²) in [5.74, 6) is -3.40. The van der Waals surface area contributed by atoms with Crippen molar-refractivity contribution < 1.29 is 30.0 Å². The molecule has 0 radical (unpaired) electrons. The van der Waals surface area contributed by atoms with E-state index in [0.717, 1.165) is 0 Å². The largest absolute Gasteiger partial charge is 0.390 e. The highest BCUT2D eigenvalue weighted by Crippen LogP contribution is 2.12. The van der Waals surface area contributed by atoms with E-state index < -0.39 is 47.8 Å². The SMILES string of the molecule is CC(C)C(O)[C@H](O)C(=O)C(=O)[C@H](O)C(O)C(C)C. The van der Waals surface area contributed by atoms with Gasteiger partial charge in [-0.3, -0.25) is 9.59 Å². The maximum Gasteiger partial charge on any atom is 0.232 e. The highest BCUT2D eigenvalue weighted by Gasteiger charge is 2.37. The second-order valence-corrected chi connectivity index (χ2v) is 5.09. The van der Waals surface area contributed by atoms with Gasteiger partial charge in [0.05, 0.1) is 12.2 Å². The molecule has 0 fully saturated rings. The van der Waals surface area contributed by atoms with Crippen LogP contribution in [0.1, 0.15) is 27.7 Å². The number of aliphatic hydroxyl groups is 4. The monoisotopic (exact) mass is 262 g/mol. The van der Waals surface area contributed by atoms with Gasteiger partial charge in [-0.2, -0.15) is 0 Å². The number of rotatable bonds is 7. The summed E-state index contributed by atoms with van der Waals surface area (Å²) in [5, 5.41) is 37.9. The molecule has 0 aliphatic carbocycles. The van der Waals surface area contributed by atoms with Gasteiger partial charge in [0, 0.05) is 0 Å². The molecule has 0 aromatic rings. The number of Topliss-reactive ketones (excluding diaryl/α,β-unsaturated/α-hetero) is 2. The molecular formula is C12H22O6. The van der Waals surface area contributed by atoms with Gasteiger partial charge in [-0.25, -0.2) is 0 Å². The van der Waals surface area contributed by atoms with Gasteiger partial charge in [0.15, 0.2) is 0 Å². The molecule has 6 nitrogen and oxygen atoms in total. The summed E-state index contributed by atoms with van der Waals surface area (Å²) in [6.45, 7) is 6.30. The predicted molar refractivity (Wildman–Crippen MR) is 63.7 cm³/mol. The zero-order valence-corrected chi connectivity index (χ0v) is 11.1. The van der Waals surface area contributed by atoms with E-state index in [-0.39, 0.29) is 0 Å². The third-order valence-corrected chi connectivity index (χ3v) is 2.79. The minimum Gasteiger partial charge on any atom is -0.390 e. The average molecular weight is 262 g/mol. The maximum absolute atomic E-state index is 11.5. The van der Waals surface area contributed by atoms with E-state index >= 15 is 0 Å². The third kappa shape index (κ3) is 4.13. The Hall–Kier alpha value is -0.820. The number of carbonyl (C=O) groups is 2. The predicted octanol–water partition coefficient (Wildman–Crippen LogP) is -1.12. The average Bonchev–Trinajstić information content (AvgIpc) is 2.32. The molecule has 0 aromatic heterocycles. The number of carbonyl (C=O) groups excluding carboxylic acids is 2. The molecular weight excluding hydrogens is 240 g/mol. The Balaban J connectivity index is 4.75. The summed E-state index contributed by atoms with van der Waals surface area (Å²) in [6.07, 6.45) is -6.53. The molecule has 18 heavy (non-hydrogen) atoms. The molecule has 0 aliphatic rings. The fraction of sp³-hybridized carbons (Fsp3) is 0.833. The normalized spacial score (nSPS) is 18.6. The Morgan fingerprint density at radius 1 is 0.667 bits per heavy atom. The summed E-state index contributed by atoms with van der Waals surface area (Å²) in [4.78, 5) is 23.1. The summed E-state index contributed by atoms with van der Waals surface area (Å²) >= 11 is 0. The number of hydrogen-bond acceptors (Lipinski definition) is 6. The van der Waals surface area contributed by atoms with Crippen molar-refractivity contribution in [3.05, 3.63) is 0 Å². The Kier molecular flexibility index (Phi) is 6.62. The smallest absolute Gasteiger partial charge is 0.232 e. The van der Waals surface area contributed by atoms with Crippen LogP contribution >= 0.6 is 0 Å². The molecule has 0 aliphatic heterocycles. The Bertz CT molecular complexity index is 269. The van der Waals surface area contributed by atoms with Crippen LogP contribution in [0.3, 0.4) is 0 Å². The quantitative estimate of drug-likeness (QED) is 0.432. The Morgan fingerprint density at radius 2 is 0.889 bits per heavy atom. The van der Waals surface area contributed by atoms with Crippen molar-refractivity contribution in [3.63, 3.8) is 0 Å². The fourth-order valence-corrected chi connectivity index (χ4v) is 1.33. The highest BCUT2D eigenvalue weighted by atomic mass is 16.3. The molecule has 4 N–H and O–H groups in total. The van der Waals surface area contributed by atoms with Gasteiger partial charge < -0.3 is 20.4 Å². The molecule has 0 amide bonds. The van der Waals surface area contributed by atoms with Crippen LogP contribution in [-0.2, 0) is 9.59 Å². The Labute approximate surface area is 106 Å². The molecule has 6 heteroatoms. The number of aliphatic hydroxyl groups excluding tert-OH is 4. The summed E-state index contributed by atoms with van der Waals surface area (Å²) in [5.41, 5.74) is 0. The van der Waals surface area contributed by atoms with Crippen molar-refractivity contribution in [2.24, 2.45) is 11.8 Å². The van der Waals surface area contributed by atoms with Crippen LogP contribution in [0.5, 0.6) is 0 Å². The molecule has 106 valence electrons. The molecule has 0 heterocycles. The number of hydrogen-bond donors (Lipinski definition) is 4. The van der Waals surface area contributed by atoms with Gasteiger partial charge in [0.25, 0.3) is 0 Å². The van der Waals surface area contributed by atoms with Crippen LogP contribution in [0.4, 0.5) is 0 Å². The molecule has 2 unspecified atom stereocenters. The first-order chi connectivity index (χ1) is 8.11. The van der Waals surface area contributed by atoms with Crippen LogP contribution in [0.15, 0.2) is 0 Å². The van der Waals surface area contributed by atoms with Crippen molar-refractivity contribution in [1.82, 2.24) is 0 Å². The van der Waals surface area contributed by atoms with Crippen LogP contribution in [0.2, 0.25) is 0 Å². The zero-order valence-electron chi connectivity index (χ0n) is 11.1. The first-order valence-electron chi connectivity index (χ1n) is 5.91. The first-order valence-corrected chi connectivity index (χ1v) is 5.91. The molecule has 0 aromatic carbocycles. The summed E-state index contributed by atoms with van der Waals surface area (Å²) < 4.78 is 0. The second kappa shape index (κ2) is 6.94. The van der Waals surface area contributed by atoms with E-state index in [1.807, 2.05) is 0 Å². The van der Waals surface area contributed by atoms with Crippen LogP contribution in [-0.4, -0.2) is 56.4 Å². The van der Waals surface area contributed by atoms with Gasteiger partial charge >= 0.3 is 0 Å². The van der Waals surface area contributed by atoms with Crippen molar-refractivity contribution >= 4 is 11.6 Å². The topological polar surface area (TPSA) is 115 Å². The third-order valence-electron chi connectivity index (χ3n) is 2.79. The van der Waals surface area contributed by atoms with Crippen molar-refractivity contribution in [1.29, 1.82) is 0 Å². The second-order valence-electron chi connectivity index (χ2n) is 5.09. The van der Waals surface area contributed by atoms with Gasteiger partial charge in [-0.05, 0) is 11.8 Å². The maximum atomic E-state index is 11.5. The van der Waals surface area contributed by atoms with E-state index in [9.17, 15) is 30.0 Å². The van der Waals surface area contributed by atoms with Crippen molar-refractivity contribution in [2.75, 3.05) is 0 Å². The lowest BCUT2D eigenvalue weighted by molar-refractivity contribution is -0.154. The van der Waals surface area contributed by atoms with E-state index in [4.69, 9.17) is 0 Å². The van der Waals surface area contributed by atoms with E-state index in [1.165, 1.54) is 0 Å². The first kappa shape index (κ1) is 17.2. The van der Waals surface area contributed by atoms with Gasteiger partial charge in [0.1, 0.15) is 12.2 Å². The molecule has 0 rings (SSSR count). The van der Waals surface area contributed by atoms with Crippen molar-refractivity contribution in [3.8, 4) is 0 Å². The lowest BCUT2D eigenvalue weighted by atomic mass is 9.92. The minimum atomic E-state index is -1.88. The molecule has 4 atom stereocenters. The van der Waals surface area contributed by atoms with E-state index in [0.29, 0.717) is 0 Å². The van der Waals surface area contributed by atoms with Gasteiger partial charge in [-0.15, -0.1) is 0 Å². The standard InChI is InChI=1S/C12H22O6/c1-5(2)7(13)9(15)11(17)12(18)10(16)8(14)6(3)4/h5-10,13-16H,1-4H3/t7?,8?,9-,10+. The van der Waals surface area contributed by atoms with Gasteiger partial charge in [-0.1, -0.05) is 27.7 Å². The van der Waals surface area contributed by atoms with Gasteiger partial charge in [0.2, 0.25) is 11.6 Å². The molecule has 0 spiro atoms. The summed E-state index contributed by atoms with van der Waals surface area (Å²) in [6, 6.07) is 0. The van der Waals surface area contributed by atoms with Crippen LogP contribution < -0.4 is 0 Å². The molecule has 0 bridgehead atoms. The summed E-state index contributed by atoms with van der Waals surface area (Å²) in [7, 11) is 0. The lowest BCUT2D eigenvalue weighted by Gasteiger charge is -2.23. The van der Waals surface area contributed by atoms with E-state index in [2.05, 4.69) is 0 Å². The van der Waals surface area contributed by atoms with Crippen molar-refractivity contribution in [2.45, 2.75) is 52.1 Å². The van der Waals surface area contributed by atoms with Crippen LogP contribution in [0.25, 0.3) is 0 Å². The highest BCUT2D eigenvalue weighted by molar-refractivity contribution is 6.40. The Morgan fingerprint density at radius 3 is 1.06 bits per heavy atom. The number of ketones is 2. The fourth-order valence-electron chi connectivity index (χ4n) is 1.33. The lowest BCUT2D eigenvalue weighted by Crippen LogP contribution is -2.48. The van der Waals surface area contributed by atoms with E-state index in [1.54, 1.807) is 27.7 Å². The molecule has 0 saturated carbocycles.